The minimum atomic E-state index is -3.85. The van der Waals surface area contributed by atoms with Crippen molar-refractivity contribution in [2.75, 3.05) is 13.7 Å². The first-order valence-electron chi connectivity index (χ1n) is 4.93. The summed E-state index contributed by atoms with van der Waals surface area (Å²) in [7, 11) is -2.64. The topological polar surface area (TPSA) is 109 Å². The van der Waals surface area contributed by atoms with Crippen molar-refractivity contribution in [2.24, 2.45) is 0 Å². The minimum absolute atomic E-state index is 0.0854. The lowest BCUT2D eigenvalue weighted by Crippen LogP contribution is -2.27. The summed E-state index contributed by atoms with van der Waals surface area (Å²) in [5, 5.41) is 8.75. The van der Waals surface area contributed by atoms with Crippen LogP contribution in [-0.4, -0.2) is 33.0 Å². The molecule has 0 aliphatic heterocycles. The molecule has 0 radical (unpaired) electrons. The third-order valence-corrected chi connectivity index (χ3v) is 3.51. The van der Waals surface area contributed by atoms with Crippen LogP contribution in [0.2, 0.25) is 0 Å². The Hall–Kier alpha value is -1.98. The van der Waals surface area contributed by atoms with E-state index in [2.05, 4.69) is 14.4 Å². The first kappa shape index (κ1) is 14.1. The molecule has 0 bridgehead atoms. The maximum Gasteiger partial charge on any atom is 0.306 e. The predicted molar refractivity (Wildman–Crippen MR) is 60.8 cm³/mol. The molecule has 1 N–H and O–H groups in total. The summed E-state index contributed by atoms with van der Waals surface area (Å²) in [6.07, 6.45) is 1.24. The lowest BCUT2D eigenvalue weighted by Gasteiger charge is -2.06. The Labute approximate surface area is 104 Å². The molecule has 0 unspecified atom stereocenters. The number of nitriles is 1. The van der Waals surface area contributed by atoms with Gasteiger partial charge in [-0.05, 0) is 12.1 Å². The Morgan fingerprint density at radius 2 is 2.33 bits per heavy atom. The first-order chi connectivity index (χ1) is 8.51. The van der Waals surface area contributed by atoms with Gasteiger partial charge in [-0.2, -0.15) is 5.26 Å². The molecular weight excluding hydrogens is 258 g/mol. The van der Waals surface area contributed by atoms with Crippen LogP contribution in [0.3, 0.4) is 0 Å². The van der Waals surface area contributed by atoms with Crippen molar-refractivity contribution < 1.29 is 17.9 Å². The average molecular weight is 269 g/mol. The van der Waals surface area contributed by atoms with E-state index in [0.29, 0.717) is 0 Å². The van der Waals surface area contributed by atoms with E-state index >= 15 is 0 Å². The van der Waals surface area contributed by atoms with Crippen LogP contribution < -0.4 is 4.72 Å². The molecule has 0 atom stereocenters. The molecule has 1 rings (SSSR count). The van der Waals surface area contributed by atoms with Gasteiger partial charge in [-0.15, -0.1) is 0 Å². The number of esters is 1. The number of carbonyl (C=O) groups excluding carboxylic acids is 1. The van der Waals surface area contributed by atoms with Crippen molar-refractivity contribution in [3.63, 3.8) is 0 Å². The van der Waals surface area contributed by atoms with E-state index in [9.17, 15) is 13.2 Å². The number of nitrogens with one attached hydrogen (secondary N) is 1. The van der Waals surface area contributed by atoms with Crippen LogP contribution in [0.5, 0.6) is 0 Å². The molecule has 0 spiro atoms. The predicted octanol–water partition coefficient (Wildman–Crippen LogP) is -0.205. The third-order valence-electron chi connectivity index (χ3n) is 2.01. The van der Waals surface area contributed by atoms with Crippen molar-refractivity contribution in [3.05, 3.63) is 24.0 Å². The Morgan fingerprint density at radius 3 is 2.94 bits per heavy atom. The number of pyridine rings is 1. The molecule has 0 saturated carbocycles. The van der Waals surface area contributed by atoms with Crippen molar-refractivity contribution >= 4 is 16.0 Å². The highest BCUT2D eigenvalue weighted by molar-refractivity contribution is 7.89. The molecule has 1 aromatic heterocycles. The summed E-state index contributed by atoms with van der Waals surface area (Å²) < 4.78 is 30.2. The van der Waals surface area contributed by atoms with Gasteiger partial charge in [0.15, 0.2) is 5.69 Å². The Balaban J connectivity index is 2.81. The zero-order valence-electron chi connectivity index (χ0n) is 9.58. The third kappa shape index (κ3) is 3.51. The molecule has 0 aromatic carbocycles. The number of hydrogen-bond acceptors (Lipinski definition) is 6. The fourth-order valence-electron chi connectivity index (χ4n) is 1.16. The summed E-state index contributed by atoms with van der Waals surface area (Å²) in [6.45, 7) is -0.102. The van der Waals surface area contributed by atoms with Crippen LogP contribution in [0.1, 0.15) is 12.1 Å². The summed E-state index contributed by atoms with van der Waals surface area (Å²) in [6, 6.07) is 4.37. The standard InChI is InChI=1S/C10H11N3O4S/c1-17-10(14)4-6-13-18(15,16)9-3-2-5-12-8(9)7-11/h2-3,5,13H,4,6H2,1H3. The van der Waals surface area contributed by atoms with Gasteiger partial charge in [0.05, 0.1) is 13.5 Å². The molecule has 0 aliphatic carbocycles. The van der Waals surface area contributed by atoms with E-state index in [0.717, 1.165) is 0 Å². The van der Waals surface area contributed by atoms with Crippen LogP contribution in [0.15, 0.2) is 23.2 Å². The van der Waals surface area contributed by atoms with Gasteiger partial charge in [-0.3, -0.25) is 4.79 Å². The fourth-order valence-corrected chi connectivity index (χ4v) is 2.30. The lowest BCUT2D eigenvalue weighted by molar-refractivity contribution is -0.140. The smallest absolute Gasteiger partial charge is 0.306 e. The fraction of sp³-hybridized carbons (Fsp3) is 0.300. The molecule has 96 valence electrons. The second-order valence-corrected chi connectivity index (χ2v) is 4.92. The van der Waals surface area contributed by atoms with Crippen LogP contribution >= 0.6 is 0 Å². The maximum absolute atomic E-state index is 11.8. The van der Waals surface area contributed by atoms with Crippen molar-refractivity contribution in [2.45, 2.75) is 11.3 Å². The van der Waals surface area contributed by atoms with Gasteiger partial charge in [0.1, 0.15) is 11.0 Å². The number of methoxy groups -OCH3 is 1. The Kier molecular flexibility index (Phi) is 4.76. The van der Waals surface area contributed by atoms with E-state index in [1.807, 2.05) is 0 Å². The van der Waals surface area contributed by atoms with E-state index in [4.69, 9.17) is 5.26 Å². The van der Waals surface area contributed by atoms with E-state index in [-0.39, 0.29) is 23.6 Å². The second-order valence-electron chi connectivity index (χ2n) is 3.19. The van der Waals surface area contributed by atoms with Gasteiger partial charge < -0.3 is 4.74 Å². The van der Waals surface area contributed by atoms with Crippen LogP contribution in [0.4, 0.5) is 0 Å². The number of ether oxygens (including phenoxy) is 1. The molecule has 0 amide bonds. The Bertz CT molecular complexity index is 577. The average Bonchev–Trinajstić information content (AvgIpc) is 2.38. The summed E-state index contributed by atoms with van der Waals surface area (Å²) >= 11 is 0. The molecule has 1 heterocycles. The molecule has 1 aromatic rings. The van der Waals surface area contributed by atoms with Gasteiger partial charge >= 0.3 is 5.97 Å². The quantitative estimate of drug-likeness (QED) is 0.741. The molecule has 0 fully saturated rings. The first-order valence-corrected chi connectivity index (χ1v) is 6.41. The van der Waals surface area contributed by atoms with E-state index in [1.54, 1.807) is 6.07 Å². The van der Waals surface area contributed by atoms with Crippen molar-refractivity contribution in [3.8, 4) is 6.07 Å². The van der Waals surface area contributed by atoms with Gasteiger partial charge in [0.2, 0.25) is 10.0 Å². The van der Waals surface area contributed by atoms with E-state index in [1.165, 1.54) is 25.4 Å². The molecule has 7 nitrogen and oxygen atoms in total. The van der Waals surface area contributed by atoms with Crippen LogP contribution in [0, 0.1) is 11.3 Å². The molecular formula is C10H11N3O4S. The number of nitrogens with zero attached hydrogens (tertiary/aromatic N) is 2. The highest BCUT2D eigenvalue weighted by Gasteiger charge is 2.19. The van der Waals surface area contributed by atoms with Crippen molar-refractivity contribution in [1.82, 2.24) is 9.71 Å². The number of aromatic nitrogens is 1. The summed E-state index contributed by atoms with van der Waals surface area (Å²) in [5.41, 5.74) is -0.192. The molecule has 0 saturated heterocycles. The lowest BCUT2D eigenvalue weighted by atomic mass is 10.4. The van der Waals surface area contributed by atoms with Gasteiger partial charge in [-0.1, -0.05) is 0 Å². The molecule has 0 aliphatic rings. The molecule has 8 heteroatoms. The normalized spacial score (nSPS) is 10.7. The van der Waals surface area contributed by atoms with Crippen LogP contribution in [0.25, 0.3) is 0 Å². The minimum Gasteiger partial charge on any atom is -0.469 e. The second kappa shape index (κ2) is 6.09. The van der Waals surface area contributed by atoms with E-state index < -0.39 is 16.0 Å². The summed E-state index contributed by atoms with van der Waals surface area (Å²) in [5.74, 6) is -0.524. The number of hydrogen-bond donors (Lipinski definition) is 1. The highest BCUT2D eigenvalue weighted by Crippen LogP contribution is 2.11. The van der Waals surface area contributed by atoms with Gasteiger partial charge in [0, 0.05) is 12.7 Å². The number of carbonyl (C=O) groups is 1. The highest BCUT2D eigenvalue weighted by atomic mass is 32.2. The number of rotatable bonds is 5. The maximum atomic E-state index is 11.8. The SMILES string of the molecule is COC(=O)CCNS(=O)(=O)c1cccnc1C#N. The van der Waals surface area contributed by atoms with Gasteiger partial charge in [-0.25, -0.2) is 18.1 Å². The Morgan fingerprint density at radius 1 is 1.61 bits per heavy atom. The zero-order valence-corrected chi connectivity index (χ0v) is 10.4. The van der Waals surface area contributed by atoms with Crippen LogP contribution in [-0.2, 0) is 19.6 Å². The van der Waals surface area contributed by atoms with Crippen molar-refractivity contribution in [1.29, 1.82) is 5.26 Å². The summed E-state index contributed by atoms with van der Waals surface area (Å²) in [4.78, 5) is 14.3. The number of sulfonamides is 1. The monoisotopic (exact) mass is 269 g/mol. The zero-order chi connectivity index (χ0) is 13.6. The molecule has 18 heavy (non-hydrogen) atoms. The van der Waals surface area contributed by atoms with Gasteiger partial charge in [0.25, 0.3) is 0 Å². The largest absolute Gasteiger partial charge is 0.469 e.